The molecule has 4 nitrogen and oxygen atoms in total. The van der Waals surface area contributed by atoms with Crippen molar-refractivity contribution in [3.63, 3.8) is 0 Å². The number of benzene rings is 7. The maximum Gasteiger partial charge on any atom is 0.101 e. The summed E-state index contributed by atoms with van der Waals surface area (Å²) < 4.78 is 9.60. The van der Waals surface area contributed by atoms with Crippen LogP contribution < -0.4 is 0 Å². The summed E-state index contributed by atoms with van der Waals surface area (Å²) in [5.74, 6) is 0. The number of hydrogen-bond donors (Lipinski definition) is 0. The van der Waals surface area contributed by atoms with Crippen molar-refractivity contribution < 1.29 is 0 Å². The maximum atomic E-state index is 10.4. The fraction of sp³-hybridized carbons (Fsp3) is 0. The van der Waals surface area contributed by atoms with Crippen LogP contribution in [0.1, 0.15) is 11.1 Å². The highest BCUT2D eigenvalue weighted by Crippen LogP contribution is 2.47. The van der Waals surface area contributed by atoms with Crippen LogP contribution in [0.2, 0.25) is 0 Å². The summed E-state index contributed by atoms with van der Waals surface area (Å²) in [6.45, 7) is 0. The van der Waals surface area contributed by atoms with E-state index in [0.29, 0.717) is 11.1 Å². The number of hydrogen-bond acceptors (Lipinski definition) is 4. The minimum Gasteiger partial charge on any atom is -0.307 e. The average molecular weight is 671 g/mol. The van der Waals surface area contributed by atoms with Crippen molar-refractivity contribution in [3.05, 3.63) is 145 Å². The summed E-state index contributed by atoms with van der Waals surface area (Å²) in [5.41, 5.74) is 6.62. The van der Waals surface area contributed by atoms with Gasteiger partial charge in [0.25, 0.3) is 0 Å². The Kier molecular flexibility index (Phi) is 5.52. The quantitative estimate of drug-likeness (QED) is 0.184. The van der Waals surface area contributed by atoms with Gasteiger partial charge in [-0.05, 0) is 60.7 Å². The number of rotatable bonds is 2. The van der Waals surface area contributed by atoms with Crippen molar-refractivity contribution in [1.29, 1.82) is 10.5 Å². The summed E-state index contributed by atoms with van der Waals surface area (Å²) in [4.78, 5) is 0. The smallest absolute Gasteiger partial charge is 0.101 e. The number of fused-ring (bicyclic) bond motifs is 14. The molecule has 0 radical (unpaired) electrons. The van der Waals surface area contributed by atoms with Crippen LogP contribution in [0.25, 0.3) is 95.3 Å². The number of thiophene rings is 2. The Morgan fingerprint density at radius 2 is 0.780 bits per heavy atom. The molecule has 0 saturated carbocycles. The molecule has 0 spiro atoms. The van der Waals surface area contributed by atoms with Gasteiger partial charge >= 0.3 is 0 Å². The predicted octanol–water partition coefficient (Wildman–Crippen LogP) is 12.4. The van der Waals surface area contributed by atoms with Crippen LogP contribution in [0.3, 0.4) is 0 Å². The van der Waals surface area contributed by atoms with Gasteiger partial charge in [-0.2, -0.15) is 10.5 Å². The van der Waals surface area contributed by atoms with Crippen LogP contribution in [0, 0.1) is 22.7 Å². The first-order valence-corrected chi connectivity index (χ1v) is 18.0. The second-order valence-electron chi connectivity index (χ2n) is 12.7. The molecule has 0 N–H and O–H groups in total. The van der Waals surface area contributed by atoms with Gasteiger partial charge in [-0.1, -0.05) is 72.8 Å². The maximum absolute atomic E-state index is 10.4. The highest BCUT2D eigenvalue weighted by Gasteiger charge is 2.24. The normalized spacial score (nSPS) is 12.0. The molecule has 0 aliphatic rings. The Morgan fingerprint density at radius 1 is 0.380 bits per heavy atom. The van der Waals surface area contributed by atoms with Gasteiger partial charge in [0.1, 0.15) is 12.1 Å². The Balaban J connectivity index is 1.34. The lowest BCUT2D eigenvalue weighted by Gasteiger charge is -2.18. The number of para-hydroxylation sites is 2. The Hall–Kier alpha value is -6.44. The highest BCUT2D eigenvalue weighted by molar-refractivity contribution is 7.26. The van der Waals surface area contributed by atoms with Crippen molar-refractivity contribution >= 4 is 107 Å². The molecule has 0 bridgehead atoms. The molecular weight excluding hydrogens is 649 g/mol. The van der Waals surface area contributed by atoms with E-state index in [-0.39, 0.29) is 0 Å². The van der Waals surface area contributed by atoms with E-state index in [1.54, 1.807) is 0 Å². The van der Waals surface area contributed by atoms with Gasteiger partial charge in [0, 0.05) is 61.9 Å². The molecule has 0 amide bonds. The number of nitriles is 2. The van der Waals surface area contributed by atoms with Gasteiger partial charge in [0.15, 0.2) is 0 Å². The molecule has 0 fully saturated rings. The minimum atomic E-state index is 0.353. The standard InChI is InChI=1S/C44H22N4S2/c45-23-25-21-35(47-31-13-5-1-9-27(31)41-33(47)17-19-39-43(41)29-11-3-7-15-37(29)49-39)36(22-26(25)24-46)48-32-14-6-2-10-28(32)42-34(48)18-20-40-44(42)30-12-4-8-16-38(30)50-40/h1-22H. The molecule has 0 saturated heterocycles. The fourth-order valence-corrected chi connectivity index (χ4v) is 10.4. The molecule has 0 atom stereocenters. The van der Waals surface area contributed by atoms with E-state index in [2.05, 4.69) is 143 Å². The van der Waals surface area contributed by atoms with Gasteiger partial charge in [-0.3, -0.25) is 0 Å². The molecule has 6 heteroatoms. The molecule has 4 aromatic heterocycles. The Labute approximate surface area is 293 Å². The van der Waals surface area contributed by atoms with Crippen LogP contribution in [-0.4, -0.2) is 9.13 Å². The van der Waals surface area contributed by atoms with Crippen molar-refractivity contribution in [1.82, 2.24) is 9.13 Å². The Bertz CT molecular complexity index is 3130. The molecule has 230 valence electrons. The van der Waals surface area contributed by atoms with E-state index in [9.17, 15) is 10.5 Å². The van der Waals surface area contributed by atoms with Gasteiger partial charge in [0.2, 0.25) is 0 Å². The summed E-state index contributed by atoms with van der Waals surface area (Å²) in [6, 6.07) is 51.7. The van der Waals surface area contributed by atoms with Gasteiger partial charge in [0.05, 0.1) is 44.6 Å². The molecule has 7 aromatic carbocycles. The van der Waals surface area contributed by atoms with Crippen LogP contribution in [0.15, 0.2) is 133 Å². The topological polar surface area (TPSA) is 57.4 Å². The first kappa shape index (κ1) is 27.5. The van der Waals surface area contributed by atoms with Crippen molar-refractivity contribution in [2.45, 2.75) is 0 Å². The molecule has 11 rings (SSSR count). The third kappa shape index (κ3) is 3.51. The lowest BCUT2D eigenvalue weighted by Crippen LogP contribution is -2.05. The van der Waals surface area contributed by atoms with Gasteiger partial charge in [-0.15, -0.1) is 22.7 Å². The molecule has 0 aliphatic heterocycles. The van der Waals surface area contributed by atoms with Crippen LogP contribution in [0.5, 0.6) is 0 Å². The monoisotopic (exact) mass is 670 g/mol. The van der Waals surface area contributed by atoms with Gasteiger partial charge < -0.3 is 9.13 Å². The zero-order valence-corrected chi connectivity index (χ0v) is 27.9. The van der Waals surface area contributed by atoms with Gasteiger partial charge in [-0.25, -0.2) is 0 Å². The second-order valence-corrected chi connectivity index (χ2v) is 14.8. The summed E-state index contributed by atoms with van der Waals surface area (Å²) in [5, 5.41) is 30.4. The molecule has 0 aliphatic carbocycles. The van der Waals surface area contributed by atoms with Crippen molar-refractivity contribution in [3.8, 4) is 23.5 Å². The predicted molar refractivity (Wildman–Crippen MR) is 210 cm³/mol. The summed E-state index contributed by atoms with van der Waals surface area (Å²) in [6.07, 6.45) is 0. The van der Waals surface area contributed by atoms with Crippen LogP contribution >= 0.6 is 22.7 Å². The van der Waals surface area contributed by atoms with E-state index in [1.807, 2.05) is 34.8 Å². The van der Waals surface area contributed by atoms with Crippen LogP contribution in [-0.2, 0) is 0 Å². The van der Waals surface area contributed by atoms with E-state index >= 15 is 0 Å². The van der Waals surface area contributed by atoms with E-state index in [1.165, 1.54) is 51.1 Å². The zero-order chi connectivity index (χ0) is 33.1. The van der Waals surface area contributed by atoms with Crippen LogP contribution in [0.4, 0.5) is 0 Å². The Morgan fingerprint density at radius 3 is 1.22 bits per heavy atom. The number of nitrogens with zero attached hydrogens (tertiary/aromatic N) is 4. The van der Waals surface area contributed by atoms with Crippen molar-refractivity contribution in [2.24, 2.45) is 0 Å². The minimum absolute atomic E-state index is 0.353. The summed E-state index contributed by atoms with van der Waals surface area (Å²) >= 11 is 3.63. The molecular formula is C44H22N4S2. The third-order valence-electron chi connectivity index (χ3n) is 10.2. The lowest BCUT2D eigenvalue weighted by atomic mass is 10.0. The second kappa shape index (κ2) is 10.0. The first-order valence-electron chi connectivity index (χ1n) is 16.4. The molecule has 4 heterocycles. The van der Waals surface area contributed by atoms with E-state index in [0.717, 1.165) is 44.2 Å². The molecule has 0 unspecified atom stereocenters. The fourth-order valence-electron chi connectivity index (χ4n) is 8.19. The SMILES string of the molecule is N#Cc1cc(-n2c3ccccc3c3c4c(ccc32)sc2ccccc24)c(-n2c3ccccc3c3c4c(ccc32)sc2ccccc24)cc1C#N. The third-order valence-corrected chi connectivity index (χ3v) is 12.5. The zero-order valence-electron chi connectivity index (χ0n) is 26.3. The number of aromatic nitrogens is 2. The first-order chi connectivity index (χ1) is 24.7. The van der Waals surface area contributed by atoms with E-state index < -0.39 is 0 Å². The summed E-state index contributed by atoms with van der Waals surface area (Å²) in [7, 11) is 0. The highest BCUT2D eigenvalue weighted by atomic mass is 32.1. The average Bonchev–Trinajstić information content (AvgIpc) is 3.91. The molecule has 50 heavy (non-hydrogen) atoms. The lowest BCUT2D eigenvalue weighted by molar-refractivity contribution is 1.09. The van der Waals surface area contributed by atoms with Crippen molar-refractivity contribution in [2.75, 3.05) is 0 Å². The molecule has 11 aromatic rings. The largest absolute Gasteiger partial charge is 0.307 e. The van der Waals surface area contributed by atoms with E-state index in [4.69, 9.17) is 0 Å².